The van der Waals surface area contributed by atoms with Crippen molar-refractivity contribution in [1.29, 1.82) is 0 Å². The van der Waals surface area contributed by atoms with E-state index in [1.807, 2.05) is 30.3 Å². The summed E-state index contributed by atoms with van der Waals surface area (Å²) in [6, 6.07) is 9.86. The minimum Gasteiger partial charge on any atom is -0.456 e. The fourth-order valence-corrected chi connectivity index (χ4v) is 2.62. The molecule has 1 aromatic rings. The molecule has 0 aromatic heterocycles. The number of carbonyl (C=O) groups excluding carboxylic acids is 1. The van der Waals surface area contributed by atoms with Crippen LogP contribution in [0, 0.1) is 0 Å². The standard InChI is InChI=1S/C14H17NO3/c16-14-12(15-6-8-17-9-7-15)10-13(18-14)11-4-2-1-3-5-11/h1-5,12-13H,6-10H2. The van der Waals surface area contributed by atoms with Crippen LogP contribution < -0.4 is 0 Å². The highest BCUT2D eigenvalue weighted by Crippen LogP contribution is 2.32. The molecule has 2 fully saturated rings. The number of carbonyl (C=O) groups is 1. The molecular formula is C14H17NO3. The minimum absolute atomic E-state index is 0.0912. The average molecular weight is 247 g/mol. The SMILES string of the molecule is O=C1OC(c2ccccc2)CC1N1CCOCC1. The molecule has 2 aliphatic heterocycles. The molecular weight excluding hydrogens is 230 g/mol. The number of cyclic esters (lactones) is 1. The van der Waals surface area contributed by atoms with Crippen LogP contribution in [-0.2, 0) is 14.3 Å². The van der Waals surface area contributed by atoms with E-state index in [-0.39, 0.29) is 18.1 Å². The molecule has 4 nitrogen and oxygen atoms in total. The maximum Gasteiger partial charge on any atom is 0.324 e. The molecule has 0 aliphatic carbocycles. The number of rotatable bonds is 2. The fraction of sp³-hybridized carbons (Fsp3) is 0.500. The summed E-state index contributed by atoms with van der Waals surface area (Å²) in [5.41, 5.74) is 1.08. The summed E-state index contributed by atoms with van der Waals surface area (Å²) in [5.74, 6) is -0.0919. The van der Waals surface area contributed by atoms with Crippen molar-refractivity contribution in [2.75, 3.05) is 26.3 Å². The zero-order valence-corrected chi connectivity index (χ0v) is 10.2. The van der Waals surface area contributed by atoms with Gasteiger partial charge in [-0.25, -0.2) is 0 Å². The summed E-state index contributed by atoms with van der Waals surface area (Å²) in [7, 11) is 0. The number of hydrogen-bond donors (Lipinski definition) is 0. The summed E-state index contributed by atoms with van der Waals surface area (Å²) >= 11 is 0. The Hall–Kier alpha value is -1.39. The second-order valence-electron chi connectivity index (χ2n) is 4.74. The molecule has 2 aliphatic rings. The van der Waals surface area contributed by atoms with Crippen LogP contribution in [0.5, 0.6) is 0 Å². The van der Waals surface area contributed by atoms with Crippen LogP contribution in [0.25, 0.3) is 0 Å². The molecule has 0 radical (unpaired) electrons. The Morgan fingerprint density at radius 2 is 1.83 bits per heavy atom. The third kappa shape index (κ3) is 2.26. The Bertz CT molecular complexity index is 414. The molecule has 96 valence electrons. The van der Waals surface area contributed by atoms with E-state index in [0.717, 1.165) is 25.1 Å². The molecule has 1 aromatic carbocycles. The van der Waals surface area contributed by atoms with Crippen molar-refractivity contribution in [1.82, 2.24) is 4.90 Å². The van der Waals surface area contributed by atoms with Crippen molar-refractivity contribution in [3.63, 3.8) is 0 Å². The summed E-state index contributed by atoms with van der Waals surface area (Å²) in [4.78, 5) is 14.1. The van der Waals surface area contributed by atoms with Gasteiger partial charge in [-0.3, -0.25) is 9.69 Å². The lowest BCUT2D eigenvalue weighted by Crippen LogP contribution is -2.45. The van der Waals surface area contributed by atoms with Gasteiger partial charge in [-0.15, -0.1) is 0 Å². The summed E-state index contributed by atoms with van der Waals surface area (Å²) in [6.45, 7) is 3.06. The second-order valence-corrected chi connectivity index (χ2v) is 4.74. The van der Waals surface area contributed by atoms with Crippen LogP contribution in [0.3, 0.4) is 0 Å². The molecule has 0 N–H and O–H groups in total. The maximum atomic E-state index is 12.0. The molecule has 4 heteroatoms. The Morgan fingerprint density at radius 1 is 1.11 bits per heavy atom. The highest BCUT2D eigenvalue weighted by Gasteiger charge is 2.39. The zero-order valence-electron chi connectivity index (χ0n) is 10.2. The highest BCUT2D eigenvalue weighted by atomic mass is 16.6. The number of nitrogens with zero attached hydrogens (tertiary/aromatic N) is 1. The number of esters is 1. The predicted molar refractivity (Wildman–Crippen MR) is 66.1 cm³/mol. The third-order valence-electron chi connectivity index (χ3n) is 3.63. The lowest BCUT2D eigenvalue weighted by molar-refractivity contribution is -0.146. The first kappa shape index (κ1) is 11.7. The van der Waals surface area contributed by atoms with Gasteiger partial charge in [0.25, 0.3) is 0 Å². The molecule has 18 heavy (non-hydrogen) atoms. The topological polar surface area (TPSA) is 38.8 Å². The van der Waals surface area contributed by atoms with Gasteiger partial charge in [0.1, 0.15) is 12.1 Å². The molecule has 2 heterocycles. The van der Waals surface area contributed by atoms with E-state index in [0.29, 0.717) is 13.2 Å². The summed E-state index contributed by atoms with van der Waals surface area (Å²) in [5, 5.41) is 0. The van der Waals surface area contributed by atoms with E-state index in [4.69, 9.17) is 9.47 Å². The fourth-order valence-electron chi connectivity index (χ4n) is 2.62. The van der Waals surface area contributed by atoms with Crippen molar-refractivity contribution >= 4 is 5.97 Å². The summed E-state index contributed by atoms with van der Waals surface area (Å²) < 4.78 is 10.8. The Labute approximate surface area is 106 Å². The molecule has 2 unspecified atom stereocenters. The zero-order chi connectivity index (χ0) is 12.4. The Morgan fingerprint density at radius 3 is 2.56 bits per heavy atom. The van der Waals surface area contributed by atoms with Crippen molar-refractivity contribution in [2.24, 2.45) is 0 Å². The smallest absolute Gasteiger partial charge is 0.324 e. The van der Waals surface area contributed by atoms with E-state index in [1.165, 1.54) is 0 Å². The van der Waals surface area contributed by atoms with Gasteiger partial charge in [-0.05, 0) is 5.56 Å². The van der Waals surface area contributed by atoms with E-state index < -0.39 is 0 Å². The van der Waals surface area contributed by atoms with Crippen LogP contribution in [0.2, 0.25) is 0 Å². The Kier molecular flexibility index (Phi) is 3.30. The van der Waals surface area contributed by atoms with Crippen LogP contribution in [-0.4, -0.2) is 43.2 Å². The normalized spacial score (nSPS) is 29.2. The maximum absolute atomic E-state index is 12.0. The van der Waals surface area contributed by atoms with E-state index in [2.05, 4.69) is 4.90 Å². The Balaban J connectivity index is 1.70. The van der Waals surface area contributed by atoms with Crippen molar-refractivity contribution in [3.8, 4) is 0 Å². The lowest BCUT2D eigenvalue weighted by atomic mass is 10.0. The number of benzene rings is 1. The molecule has 2 saturated heterocycles. The molecule has 0 spiro atoms. The molecule has 0 saturated carbocycles. The molecule has 0 bridgehead atoms. The predicted octanol–water partition coefficient (Wildman–Crippen LogP) is 1.38. The highest BCUT2D eigenvalue weighted by molar-refractivity contribution is 5.78. The van der Waals surface area contributed by atoms with Gasteiger partial charge in [0.15, 0.2) is 0 Å². The van der Waals surface area contributed by atoms with Crippen LogP contribution in [0.15, 0.2) is 30.3 Å². The average Bonchev–Trinajstić information content (AvgIpc) is 2.83. The van der Waals surface area contributed by atoms with Gasteiger partial charge in [0.2, 0.25) is 0 Å². The monoisotopic (exact) mass is 247 g/mol. The van der Waals surface area contributed by atoms with Crippen LogP contribution in [0.4, 0.5) is 0 Å². The van der Waals surface area contributed by atoms with E-state index >= 15 is 0 Å². The molecule has 2 atom stereocenters. The van der Waals surface area contributed by atoms with Crippen LogP contribution >= 0.6 is 0 Å². The summed E-state index contributed by atoms with van der Waals surface area (Å²) in [6.07, 6.45) is 0.662. The van der Waals surface area contributed by atoms with Gasteiger partial charge >= 0.3 is 5.97 Å². The lowest BCUT2D eigenvalue weighted by Gasteiger charge is -2.29. The van der Waals surface area contributed by atoms with Gasteiger partial charge in [-0.1, -0.05) is 30.3 Å². The molecule has 3 rings (SSSR count). The van der Waals surface area contributed by atoms with Crippen molar-refractivity contribution in [3.05, 3.63) is 35.9 Å². The molecule has 0 amide bonds. The van der Waals surface area contributed by atoms with Crippen molar-refractivity contribution < 1.29 is 14.3 Å². The largest absolute Gasteiger partial charge is 0.456 e. The van der Waals surface area contributed by atoms with Crippen molar-refractivity contribution in [2.45, 2.75) is 18.6 Å². The second kappa shape index (κ2) is 5.08. The first-order valence-electron chi connectivity index (χ1n) is 6.42. The van der Waals surface area contributed by atoms with E-state index in [1.54, 1.807) is 0 Å². The van der Waals surface area contributed by atoms with Gasteiger partial charge in [-0.2, -0.15) is 0 Å². The van der Waals surface area contributed by atoms with Crippen LogP contribution in [0.1, 0.15) is 18.1 Å². The number of ether oxygens (including phenoxy) is 2. The number of morpholine rings is 1. The third-order valence-corrected chi connectivity index (χ3v) is 3.63. The van der Waals surface area contributed by atoms with Gasteiger partial charge in [0.05, 0.1) is 13.2 Å². The van der Waals surface area contributed by atoms with Gasteiger partial charge in [0, 0.05) is 19.5 Å². The minimum atomic E-state index is -0.0980. The van der Waals surface area contributed by atoms with Gasteiger partial charge < -0.3 is 9.47 Å². The quantitative estimate of drug-likeness (QED) is 0.740. The number of hydrogen-bond acceptors (Lipinski definition) is 4. The first-order valence-corrected chi connectivity index (χ1v) is 6.42. The van der Waals surface area contributed by atoms with E-state index in [9.17, 15) is 4.79 Å². The first-order chi connectivity index (χ1) is 8.84.